The third-order valence-electron chi connectivity index (χ3n) is 1.39. The topological polar surface area (TPSA) is 45.9 Å². The van der Waals surface area contributed by atoms with Crippen molar-refractivity contribution >= 4 is 11.6 Å². The van der Waals surface area contributed by atoms with E-state index < -0.39 is 12.2 Å². The van der Waals surface area contributed by atoms with E-state index in [2.05, 4.69) is 9.72 Å². The second-order valence-electron chi connectivity index (χ2n) is 2.45. The van der Waals surface area contributed by atoms with Gasteiger partial charge in [-0.15, -0.1) is 24.8 Å². The minimum Gasteiger partial charge on any atom is -0.386 e. The Morgan fingerprint density at radius 2 is 2.13 bits per heavy atom. The highest BCUT2D eigenvalue weighted by Crippen LogP contribution is 2.24. The van der Waals surface area contributed by atoms with Crippen LogP contribution < -0.4 is 4.74 Å². The summed E-state index contributed by atoms with van der Waals surface area (Å²) in [5, 5.41) is 8.51. The van der Waals surface area contributed by atoms with Gasteiger partial charge in [-0.25, -0.2) is 4.98 Å². The summed E-state index contributed by atoms with van der Waals surface area (Å²) in [5.74, 6) is -0.830. The molecule has 1 aromatic heterocycles. The van der Waals surface area contributed by atoms with Crippen molar-refractivity contribution in [3.63, 3.8) is 0 Å². The maximum atomic E-state index is 11.9. The van der Waals surface area contributed by atoms with Crippen LogP contribution in [0, 0.1) is 11.3 Å². The highest BCUT2D eigenvalue weighted by molar-refractivity contribution is 6.16. The van der Waals surface area contributed by atoms with Crippen molar-refractivity contribution in [3.05, 3.63) is 23.4 Å². The lowest BCUT2D eigenvalue weighted by molar-refractivity contribution is -0.276. The van der Waals surface area contributed by atoms with E-state index in [-0.39, 0.29) is 17.1 Å². The number of ether oxygens (including phenoxy) is 1. The summed E-state index contributed by atoms with van der Waals surface area (Å²) in [6, 6.07) is 4.07. The molecule has 0 atom stereocenters. The first-order chi connectivity index (χ1) is 6.96. The molecule has 0 radical (unpaired) electrons. The lowest BCUT2D eigenvalue weighted by atomic mass is 10.2. The number of alkyl halides is 4. The number of pyridine rings is 1. The van der Waals surface area contributed by atoms with Crippen LogP contribution in [0.15, 0.2) is 12.1 Å². The van der Waals surface area contributed by atoms with Crippen LogP contribution in [0.3, 0.4) is 0 Å². The van der Waals surface area contributed by atoms with Crippen molar-refractivity contribution in [2.45, 2.75) is 12.2 Å². The van der Waals surface area contributed by atoms with E-state index in [0.29, 0.717) is 0 Å². The maximum Gasteiger partial charge on any atom is 0.574 e. The lowest BCUT2D eigenvalue weighted by Crippen LogP contribution is -2.19. The van der Waals surface area contributed by atoms with Crippen molar-refractivity contribution in [2.75, 3.05) is 0 Å². The van der Waals surface area contributed by atoms with E-state index in [4.69, 9.17) is 16.9 Å². The first-order valence-electron chi connectivity index (χ1n) is 3.68. The van der Waals surface area contributed by atoms with Crippen LogP contribution in [0.1, 0.15) is 11.3 Å². The molecule has 0 aliphatic carbocycles. The van der Waals surface area contributed by atoms with Gasteiger partial charge >= 0.3 is 6.36 Å². The fourth-order valence-electron chi connectivity index (χ4n) is 0.826. The first kappa shape index (κ1) is 11.6. The smallest absolute Gasteiger partial charge is 0.386 e. The van der Waals surface area contributed by atoms with Gasteiger partial charge in [0.2, 0.25) is 5.88 Å². The van der Waals surface area contributed by atoms with Crippen molar-refractivity contribution in [1.82, 2.24) is 4.98 Å². The first-order valence-corrected chi connectivity index (χ1v) is 4.21. The summed E-state index contributed by atoms with van der Waals surface area (Å²) in [6.07, 6.45) is -4.87. The molecule has 0 amide bonds. The van der Waals surface area contributed by atoms with Crippen LogP contribution in [0.25, 0.3) is 0 Å². The van der Waals surface area contributed by atoms with Gasteiger partial charge in [-0.1, -0.05) is 0 Å². The molecule has 0 bridgehead atoms. The standard InChI is InChI=1S/C8H4ClF3N2O/c9-3-6-2-1-5(4-13)7(14-6)15-8(10,11)12/h1-2H,3H2. The van der Waals surface area contributed by atoms with Gasteiger partial charge in [-0.05, 0) is 12.1 Å². The Balaban J connectivity index is 3.08. The molecule has 0 aromatic carbocycles. The molecule has 0 N–H and O–H groups in total. The predicted octanol–water partition coefficient (Wildman–Crippen LogP) is 2.59. The van der Waals surface area contributed by atoms with Gasteiger partial charge < -0.3 is 4.74 Å². The fraction of sp³-hybridized carbons (Fsp3) is 0.250. The van der Waals surface area contributed by atoms with Crippen molar-refractivity contribution in [3.8, 4) is 11.9 Å². The van der Waals surface area contributed by atoms with Gasteiger partial charge in [0.25, 0.3) is 0 Å². The van der Waals surface area contributed by atoms with E-state index in [1.165, 1.54) is 18.2 Å². The second kappa shape index (κ2) is 4.36. The third-order valence-corrected chi connectivity index (χ3v) is 1.66. The number of hydrogen-bond acceptors (Lipinski definition) is 3. The number of nitrogens with zero attached hydrogens (tertiary/aromatic N) is 2. The molecule has 3 nitrogen and oxygen atoms in total. The zero-order chi connectivity index (χ0) is 11.5. The molecule has 1 aromatic rings. The highest BCUT2D eigenvalue weighted by Gasteiger charge is 2.33. The molecule has 7 heteroatoms. The minimum atomic E-state index is -4.87. The molecule has 0 unspecified atom stereocenters. The van der Waals surface area contributed by atoms with Crippen LogP contribution in [-0.2, 0) is 5.88 Å². The van der Waals surface area contributed by atoms with Crippen LogP contribution in [0.5, 0.6) is 5.88 Å². The largest absolute Gasteiger partial charge is 0.574 e. The molecule has 80 valence electrons. The normalized spacial score (nSPS) is 10.9. The third kappa shape index (κ3) is 3.29. The van der Waals surface area contributed by atoms with Gasteiger partial charge in [-0.2, -0.15) is 5.26 Å². The lowest BCUT2D eigenvalue weighted by Gasteiger charge is -2.09. The molecular formula is C8H4ClF3N2O. The van der Waals surface area contributed by atoms with Crippen molar-refractivity contribution in [1.29, 1.82) is 5.26 Å². The molecule has 0 aliphatic rings. The quantitative estimate of drug-likeness (QED) is 0.742. The Hall–Kier alpha value is -1.48. The Kier molecular flexibility index (Phi) is 3.37. The van der Waals surface area contributed by atoms with Crippen molar-refractivity contribution < 1.29 is 17.9 Å². The van der Waals surface area contributed by atoms with Crippen LogP contribution >= 0.6 is 11.6 Å². The number of rotatable bonds is 2. The average molecular weight is 237 g/mol. The number of halogens is 4. The van der Waals surface area contributed by atoms with Crippen LogP contribution in [0.2, 0.25) is 0 Å². The Morgan fingerprint density at radius 1 is 1.47 bits per heavy atom. The highest BCUT2D eigenvalue weighted by atomic mass is 35.5. The Morgan fingerprint density at radius 3 is 2.60 bits per heavy atom. The maximum absolute atomic E-state index is 11.9. The van der Waals surface area contributed by atoms with E-state index in [9.17, 15) is 13.2 Å². The van der Waals surface area contributed by atoms with E-state index in [0.717, 1.165) is 0 Å². The molecule has 0 spiro atoms. The van der Waals surface area contributed by atoms with Gasteiger partial charge in [-0.3, -0.25) is 0 Å². The Labute approximate surface area is 88.1 Å². The summed E-state index contributed by atoms with van der Waals surface area (Å²) in [5.41, 5.74) is -0.0869. The van der Waals surface area contributed by atoms with E-state index >= 15 is 0 Å². The van der Waals surface area contributed by atoms with Gasteiger partial charge in [0, 0.05) is 0 Å². The van der Waals surface area contributed by atoms with E-state index in [1.807, 2.05) is 0 Å². The van der Waals surface area contributed by atoms with Crippen molar-refractivity contribution in [2.24, 2.45) is 0 Å². The molecule has 0 aliphatic heterocycles. The monoisotopic (exact) mass is 236 g/mol. The van der Waals surface area contributed by atoms with Crippen LogP contribution in [0.4, 0.5) is 13.2 Å². The Bertz CT molecular complexity index is 400. The molecular weight excluding hydrogens is 233 g/mol. The predicted molar refractivity (Wildman–Crippen MR) is 45.2 cm³/mol. The van der Waals surface area contributed by atoms with Crippen LogP contribution in [-0.4, -0.2) is 11.3 Å². The molecule has 15 heavy (non-hydrogen) atoms. The summed E-state index contributed by atoms with van der Waals surface area (Å²) >= 11 is 5.38. The number of nitriles is 1. The van der Waals surface area contributed by atoms with E-state index in [1.54, 1.807) is 0 Å². The van der Waals surface area contributed by atoms with Gasteiger partial charge in [0.1, 0.15) is 11.6 Å². The second-order valence-corrected chi connectivity index (χ2v) is 2.72. The summed E-state index contributed by atoms with van der Waals surface area (Å²) < 4.78 is 39.2. The molecule has 0 fully saturated rings. The summed E-state index contributed by atoms with van der Waals surface area (Å²) in [7, 11) is 0. The SMILES string of the molecule is N#Cc1ccc(CCl)nc1OC(F)(F)F. The zero-order valence-electron chi connectivity index (χ0n) is 7.18. The molecule has 1 rings (SSSR count). The minimum absolute atomic E-state index is 0.0556. The summed E-state index contributed by atoms with van der Waals surface area (Å²) in [6.45, 7) is 0. The molecule has 0 saturated carbocycles. The number of aromatic nitrogens is 1. The van der Waals surface area contributed by atoms with Gasteiger partial charge in [0.05, 0.1) is 11.6 Å². The zero-order valence-corrected chi connectivity index (χ0v) is 7.93. The number of hydrogen-bond donors (Lipinski definition) is 0. The van der Waals surface area contributed by atoms with Gasteiger partial charge in [0.15, 0.2) is 0 Å². The fourth-order valence-corrected chi connectivity index (χ4v) is 0.975. The average Bonchev–Trinajstić information content (AvgIpc) is 2.15. The molecule has 1 heterocycles. The summed E-state index contributed by atoms with van der Waals surface area (Å²) in [4.78, 5) is 3.45. The molecule has 0 saturated heterocycles.